The maximum absolute atomic E-state index is 9.78. The molecule has 0 aliphatic carbocycles. The predicted octanol–water partition coefficient (Wildman–Crippen LogP) is 2.31. The molecule has 0 aliphatic heterocycles. The fraction of sp³-hybridized carbons (Fsp3) is 0.400. The molecule has 0 saturated carbocycles. The maximum Gasteiger partial charge on any atom is 0.264 e. The monoisotopic (exact) mass is 218 g/mol. The van der Waals surface area contributed by atoms with Crippen molar-refractivity contribution < 1.29 is 12.6 Å². The zero-order chi connectivity index (χ0) is 11.4. The lowest BCUT2D eigenvalue weighted by molar-refractivity contribution is 0.403. The van der Waals surface area contributed by atoms with Crippen LogP contribution in [0, 0.1) is 0 Å². The van der Waals surface area contributed by atoms with Crippen molar-refractivity contribution in [2.45, 2.75) is 13.8 Å². The molecule has 0 fully saturated rings. The number of hydrogen-bond acceptors (Lipinski definition) is 3. The molecule has 14 heavy (non-hydrogen) atoms. The van der Waals surface area contributed by atoms with E-state index in [9.17, 15) is 8.42 Å². The summed E-state index contributed by atoms with van der Waals surface area (Å²) in [6.07, 6.45) is 0.993. The van der Waals surface area contributed by atoms with E-state index in [0.29, 0.717) is 0 Å². The second-order valence-corrected chi connectivity index (χ2v) is 3.77. The first-order chi connectivity index (χ1) is 6.56. The lowest BCUT2D eigenvalue weighted by atomic mass is 10.4. The Labute approximate surface area is 86.9 Å². The lowest BCUT2D eigenvalue weighted by Crippen LogP contribution is -1.95. The highest BCUT2D eigenvalue weighted by molar-refractivity contribution is 7.85. The first-order valence-corrected chi connectivity index (χ1v) is 6.13. The molecule has 1 rings (SSSR count). The summed E-state index contributed by atoms with van der Waals surface area (Å²) in [5.74, 6) is 0. The van der Waals surface area contributed by atoms with Crippen molar-refractivity contribution in [1.29, 1.82) is 0 Å². The Morgan fingerprint density at radius 1 is 0.857 bits per heavy atom. The zero-order valence-electron chi connectivity index (χ0n) is 9.10. The molecule has 0 unspecified atom stereocenters. The minimum atomic E-state index is -3.16. The van der Waals surface area contributed by atoms with Gasteiger partial charge < -0.3 is 0 Å². The molecule has 0 heterocycles. The van der Waals surface area contributed by atoms with Crippen molar-refractivity contribution in [3.8, 4) is 0 Å². The molecule has 4 heteroatoms. The number of rotatable bonds is 1. The second-order valence-electron chi connectivity index (χ2n) is 2.03. The second kappa shape index (κ2) is 10.2. The van der Waals surface area contributed by atoms with E-state index in [1.807, 2.05) is 50.2 Å². The molecule has 82 valence electrons. The van der Waals surface area contributed by atoms with Crippen LogP contribution in [-0.4, -0.2) is 21.8 Å². The van der Waals surface area contributed by atoms with Crippen molar-refractivity contribution in [2.75, 3.05) is 13.4 Å². The summed E-state index contributed by atoms with van der Waals surface area (Å²) in [4.78, 5) is 0. The third-order valence-corrected chi connectivity index (χ3v) is 1.57. The van der Waals surface area contributed by atoms with Gasteiger partial charge in [0.2, 0.25) is 0 Å². The molecule has 0 aliphatic rings. The summed E-state index contributed by atoms with van der Waals surface area (Å²) in [6.45, 7) is 4.00. The highest BCUT2D eigenvalue weighted by Crippen LogP contribution is 1.79. The van der Waals surface area contributed by atoms with Crippen LogP contribution in [-0.2, 0) is 14.3 Å². The molecule has 0 aromatic heterocycles. The van der Waals surface area contributed by atoms with Gasteiger partial charge in [0.15, 0.2) is 0 Å². The van der Waals surface area contributed by atoms with Crippen LogP contribution in [0.2, 0.25) is 0 Å². The molecule has 3 nitrogen and oxygen atoms in total. The quantitative estimate of drug-likeness (QED) is 0.679. The van der Waals surface area contributed by atoms with Crippen LogP contribution in [0.3, 0.4) is 0 Å². The van der Waals surface area contributed by atoms with Crippen molar-refractivity contribution in [3.05, 3.63) is 36.4 Å². The molecule has 0 amide bonds. The minimum absolute atomic E-state index is 0.993. The van der Waals surface area contributed by atoms with E-state index in [4.69, 9.17) is 0 Å². The number of hydrogen-bond donors (Lipinski definition) is 0. The van der Waals surface area contributed by atoms with Crippen LogP contribution in [0.25, 0.3) is 0 Å². The number of benzene rings is 1. The fourth-order valence-corrected chi connectivity index (χ4v) is 0.385. The van der Waals surface area contributed by atoms with E-state index in [2.05, 4.69) is 4.18 Å². The third kappa shape index (κ3) is 17.3. The average Bonchev–Trinajstić information content (AvgIpc) is 2.23. The van der Waals surface area contributed by atoms with Gasteiger partial charge in [0.25, 0.3) is 10.1 Å². The van der Waals surface area contributed by atoms with Gasteiger partial charge in [0.05, 0.1) is 13.4 Å². The topological polar surface area (TPSA) is 43.4 Å². The molecule has 0 N–H and O–H groups in total. The molecule has 0 radical (unpaired) electrons. The van der Waals surface area contributed by atoms with Crippen LogP contribution in [0.1, 0.15) is 13.8 Å². The highest BCUT2D eigenvalue weighted by atomic mass is 32.2. The van der Waals surface area contributed by atoms with E-state index in [0.717, 1.165) is 13.4 Å². The fourth-order valence-electron chi connectivity index (χ4n) is 0.385. The lowest BCUT2D eigenvalue weighted by Gasteiger charge is -1.84. The Bertz CT molecular complexity index is 253. The molecule has 1 aromatic carbocycles. The summed E-state index contributed by atoms with van der Waals surface area (Å²) < 4.78 is 23.5. The van der Waals surface area contributed by atoms with Gasteiger partial charge >= 0.3 is 0 Å². The molecular formula is C10H18O3S. The Balaban J connectivity index is 0. The van der Waals surface area contributed by atoms with Gasteiger partial charge in [-0.05, 0) is 0 Å². The van der Waals surface area contributed by atoms with Crippen molar-refractivity contribution >= 4 is 10.1 Å². The SMILES string of the molecule is CC.COS(C)(=O)=O.c1ccccc1. The van der Waals surface area contributed by atoms with E-state index >= 15 is 0 Å². The first kappa shape index (κ1) is 15.6. The molecule has 0 saturated heterocycles. The normalized spacial score (nSPS) is 8.86. The largest absolute Gasteiger partial charge is 0.274 e. The van der Waals surface area contributed by atoms with Crippen molar-refractivity contribution in [3.63, 3.8) is 0 Å². The van der Waals surface area contributed by atoms with Gasteiger partial charge in [0.1, 0.15) is 0 Å². The summed E-state index contributed by atoms with van der Waals surface area (Å²) in [6, 6.07) is 12.0. The average molecular weight is 218 g/mol. The molecule has 1 aromatic rings. The van der Waals surface area contributed by atoms with E-state index in [1.165, 1.54) is 0 Å². The highest BCUT2D eigenvalue weighted by Gasteiger charge is 1.90. The van der Waals surface area contributed by atoms with Gasteiger partial charge in [-0.3, -0.25) is 4.18 Å². The standard InChI is InChI=1S/C6H6.C2H6O3S.C2H6/c1-2-4-6-5-3-1;1-5-6(2,3)4;1-2/h1-6H;1-2H3;1-2H3. The summed E-state index contributed by atoms with van der Waals surface area (Å²) in [5.41, 5.74) is 0. The Hall–Kier alpha value is -0.870. The Kier molecular flexibility index (Phi) is 11.4. The van der Waals surface area contributed by atoms with Gasteiger partial charge in [0, 0.05) is 0 Å². The third-order valence-electron chi connectivity index (χ3n) is 0.969. The Morgan fingerprint density at radius 2 is 1.00 bits per heavy atom. The first-order valence-electron chi connectivity index (χ1n) is 4.32. The van der Waals surface area contributed by atoms with Crippen LogP contribution < -0.4 is 0 Å². The van der Waals surface area contributed by atoms with E-state index in [1.54, 1.807) is 0 Å². The summed E-state index contributed by atoms with van der Waals surface area (Å²) in [7, 11) is -2.04. The van der Waals surface area contributed by atoms with Crippen LogP contribution in [0.5, 0.6) is 0 Å². The molecular weight excluding hydrogens is 200 g/mol. The summed E-state index contributed by atoms with van der Waals surface area (Å²) >= 11 is 0. The molecule has 0 spiro atoms. The van der Waals surface area contributed by atoms with Crippen LogP contribution in [0.15, 0.2) is 36.4 Å². The van der Waals surface area contributed by atoms with E-state index in [-0.39, 0.29) is 0 Å². The summed E-state index contributed by atoms with van der Waals surface area (Å²) in [5, 5.41) is 0. The van der Waals surface area contributed by atoms with Gasteiger partial charge in [-0.25, -0.2) is 0 Å². The molecule has 0 atom stereocenters. The van der Waals surface area contributed by atoms with Crippen LogP contribution in [0.4, 0.5) is 0 Å². The maximum atomic E-state index is 9.78. The smallest absolute Gasteiger partial charge is 0.264 e. The van der Waals surface area contributed by atoms with Gasteiger partial charge in [-0.2, -0.15) is 8.42 Å². The predicted molar refractivity (Wildman–Crippen MR) is 59.6 cm³/mol. The minimum Gasteiger partial charge on any atom is -0.274 e. The van der Waals surface area contributed by atoms with Crippen LogP contribution >= 0.6 is 0 Å². The van der Waals surface area contributed by atoms with Gasteiger partial charge in [-0.1, -0.05) is 50.2 Å². The van der Waals surface area contributed by atoms with E-state index < -0.39 is 10.1 Å². The zero-order valence-corrected chi connectivity index (χ0v) is 9.91. The van der Waals surface area contributed by atoms with Gasteiger partial charge in [-0.15, -0.1) is 0 Å². The van der Waals surface area contributed by atoms with Crippen molar-refractivity contribution in [1.82, 2.24) is 0 Å². The Morgan fingerprint density at radius 3 is 1.07 bits per heavy atom. The van der Waals surface area contributed by atoms with Crippen molar-refractivity contribution in [2.24, 2.45) is 0 Å². The molecule has 0 bridgehead atoms.